The molecule has 7 heteroatoms. The molecule has 1 aromatic rings. The average Bonchev–Trinajstić information content (AvgIpc) is 2.92. The highest BCUT2D eigenvalue weighted by Gasteiger charge is 2.53. The van der Waals surface area contributed by atoms with E-state index in [-0.39, 0.29) is 19.1 Å². The summed E-state index contributed by atoms with van der Waals surface area (Å²) in [4.78, 5) is 28.9. The van der Waals surface area contributed by atoms with Gasteiger partial charge in [0.25, 0.3) is 5.91 Å². The van der Waals surface area contributed by atoms with Crippen LogP contribution in [0.3, 0.4) is 0 Å². The summed E-state index contributed by atoms with van der Waals surface area (Å²) >= 11 is 0. The predicted molar refractivity (Wildman–Crippen MR) is 61.4 cm³/mol. The van der Waals surface area contributed by atoms with Crippen molar-refractivity contribution in [2.75, 3.05) is 13.2 Å². The van der Waals surface area contributed by atoms with Crippen LogP contribution >= 0.6 is 0 Å². The van der Waals surface area contributed by atoms with Gasteiger partial charge in [-0.05, 0) is 11.6 Å². The molecule has 2 saturated heterocycles. The molecule has 1 N–H and O–H groups in total. The fourth-order valence-corrected chi connectivity index (χ4v) is 2.38. The Kier molecular flexibility index (Phi) is 2.70. The molecular weight excluding hydrogens is 253 g/mol. The summed E-state index contributed by atoms with van der Waals surface area (Å²) in [6.07, 6.45) is 2.97. The van der Waals surface area contributed by atoms with Gasteiger partial charge in [0.2, 0.25) is 0 Å². The minimum Gasteiger partial charge on any atom is -0.378 e. The van der Waals surface area contributed by atoms with Gasteiger partial charge in [-0.15, -0.1) is 0 Å². The SMILES string of the molecule is O=C1NC2(CCOC2)C(=O)N1Cc1cncc(F)c1. The number of amides is 3. The number of imide groups is 1. The van der Waals surface area contributed by atoms with Crippen LogP contribution in [0.25, 0.3) is 0 Å². The van der Waals surface area contributed by atoms with Gasteiger partial charge < -0.3 is 10.1 Å². The van der Waals surface area contributed by atoms with E-state index in [9.17, 15) is 14.0 Å². The average molecular weight is 265 g/mol. The first kappa shape index (κ1) is 12.0. The quantitative estimate of drug-likeness (QED) is 0.787. The maximum absolute atomic E-state index is 13.0. The van der Waals surface area contributed by atoms with Crippen LogP contribution in [0.15, 0.2) is 18.5 Å². The number of nitrogens with zero attached hydrogens (tertiary/aromatic N) is 2. The largest absolute Gasteiger partial charge is 0.378 e. The molecular formula is C12H12FN3O3. The lowest BCUT2D eigenvalue weighted by atomic mass is 9.99. The van der Waals surface area contributed by atoms with Crippen LogP contribution < -0.4 is 5.32 Å². The molecule has 0 aliphatic carbocycles. The number of hydrogen-bond acceptors (Lipinski definition) is 4. The van der Waals surface area contributed by atoms with Crippen LogP contribution in [0, 0.1) is 5.82 Å². The first-order valence-electron chi connectivity index (χ1n) is 5.92. The minimum absolute atomic E-state index is 0.0111. The lowest BCUT2D eigenvalue weighted by Crippen LogP contribution is -2.47. The van der Waals surface area contributed by atoms with Gasteiger partial charge in [-0.25, -0.2) is 9.18 Å². The summed E-state index contributed by atoms with van der Waals surface area (Å²) in [5.41, 5.74) is -0.461. The van der Waals surface area contributed by atoms with Gasteiger partial charge in [0, 0.05) is 19.2 Å². The minimum atomic E-state index is -0.933. The molecule has 2 fully saturated rings. The maximum atomic E-state index is 13.0. The van der Waals surface area contributed by atoms with E-state index in [1.54, 1.807) is 0 Å². The first-order chi connectivity index (χ1) is 9.11. The Balaban J connectivity index is 1.82. The van der Waals surface area contributed by atoms with Gasteiger partial charge in [-0.2, -0.15) is 0 Å². The predicted octanol–water partition coefficient (Wildman–Crippen LogP) is 0.432. The van der Waals surface area contributed by atoms with Crippen LogP contribution in [0.4, 0.5) is 9.18 Å². The molecule has 6 nitrogen and oxygen atoms in total. The van der Waals surface area contributed by atoms with Crippen LogP contribution in [-0.4, -0.2) is 40.6 Å². The van der Waals surface area contributed by atoms with E-state index < -0.39 is 17.4 Å². The van der Waals surface area contributed by atoms with Gasteiger partial charge in [0.15, 0.2) is 0 Å². The Bertz CT molecular complexity index is 543. The maximum Gasteiger partial charge on any atom is 0.325 e. The summed E-state index contributed by atoms with van der Waals surface area (Å²) in [6.45, 7) is 0.647. The van der Waals surface area contributed by atoms with Gasteiger partial charge in [-0.1, -0.05) is 0 Å². The zero-order valence-electron chi connectivity index (χ0n) is 10.1. The molecule has 3 rings (SSSR count). The Labute approximate surface area is 108 Å². The third-order valence-corrected chi connectivity index (χ3v) is 3.37. The fraction of sp³-hybridized carbons (Fsp3) is 0.417. The molecule has 0 radical (unpaired) electrons. The van der Waals surface area contributed by atoms with Crippen molar-refractivity contribution < 1.29 is 18.7 Å². The van der Waals surface area contributed by atoms with Gasteiger partial charge in [0.1, 0.15) is 11.4 Å². The second-order valence-electron chi connectivity index (χ2n) is 4.72. The number of urea groups is 1. The van der Waals surface area contributed by atoms with E-state index in [4.69, 9.17) is 4.74 Å². The van der Waals surface area contributed by atoms with Crippen molar-refractivity contribution in [3.63, 3.8) is 0 Å². The topological polar surface area (TPSA) is 71.5 Å². The molecule has 1 spiro atoms. The summed E-state index contributed by atoms with van der Waals surface area (Å²) < 4.78 is 18.2. The number of aromatic nitrogens is 1. The molecule has 1 unspecified atom stereocenters. The molecule has 100 valence electrons. The van der Waals surface area contributed by atoms with Crippen LogP contribution in [0.2, 0.25) is 0 Å². The Hall–Kier alpha value is -2.02. The summed E-state index contributed by atoms with van der Waals surface area (Å²) in [5.74, 6) is -0.817. The Morgan fingerprint density at radius 2 is 2.32 bits per heavy atom. The number of halogens is 1. The number of hydrogen-bond donors (Lipinski definition) is 1. The standard InChI is InChI=1S/C12H12FN3O3/c13-9-3-8(4-14-5-9)6-16-10(17)12(15-11(16)18)1-2-19-7-12/h3-5H,1-2,6-7H2,(H,15,18). The molecule has 19 heavy (non-hydrogen) atoms. The van der Waals surface area contributed by atoms with E-state index >= 15 is 0 Å². The van der Waals surface area contributed by atoms with Crippen molar-refractivity contribution in [1.82, 2.24) is 15.2 Å². The number of carbonyl (C=O) groups excluding carboxylic acids is 2. The lowest BCUT2D eigenvalue weighted by Gasteiger charge is -2.18. The highest BCUT2D eigenvalue weighted by atomic mass is 19.1. The number of carbonyl (C=O) groups is 2. The molecule has 3 heterocycles. The van der Waals surface area contributed by atoms with E-state index in [1.165, 1.54) is 12.3 Å². The number of rotatable bonds is 2. The molecule has 1 atom stereocenters. The van der Waals surface area contributed by atoms with E-state index in [0.717, 1.165) is 11.1 Å². The first-order valence-corrected chi connectivity index (χ1v) is 5.92. The Morgan fingerprint density at radius 1 is 1.47 bits per heavy atom. The second kappa shape index (κ2) is 4.27. The van der Waals surface area contributed by atoms with Gasteiger partial charge >= 0.3 is 6.03 Å². The zero-order chi connectivity index (χ0) is 13.5. The smallest absolute Gasteiger partial charge is 0.325 e. The van der Waals surface area contributed by atoms with E-state index in [2.05, 4.69) is 10.3 Å². The lowest BCUT2D eigenvalue weighted by molar-refractivity contribution is -0.131. The van der Waals surface area contributed by atoms with Crippen LogP contribution in [0.5, 0.6) is 0 Å². The third-order valence-electron chi connectivity index (χ3n) is 3.37. The highest BCUT2D eigenvalue weighted by Crippen LogP contribution is 2.27. The van der Waals surface area contributed by atoms with Gasteiger partial charge in [0.05, 0.1) is 19.3 Å². The normalized spacial score (nSPS) is 26.3. The number of pyridine rings is 1. The van der Waals surface area contributed by atoms with Crippen molar-refractivity contribution in [2.45, 2.75) is 18.5 Å². The Morgan fingerprint density at radius 3 is 3.00 bits per heavy atom. The molecule has 0 saturated carbocycles. The number of ether oxygens (including phenoxy) is 1. The van der Waals surface area contributed by atoms with Crippen molar-refractivity contribution in [1.29, 1.82) is 0 Å². The van der Waals surface area contributed by atoms with Gasteiger partial charge in [-0.3, -0.25) is 14.7 Å². The van der Waals surface area contributed by atoms with Crippen LogP contribution in [-0.2, 0) is 16.1 Å². The molecule has 0 bridgehead atoms. The fourth-order valence-electron chi connectivity index (χ4n) is 2.38. The molecule has 0 aromatic carbocycles. The van der Waals surface area contributed by atoms with Crippen molar-refractivity contribution >= 4 is 11.9 Å². The van der Waals surface area contributed by atoms with Crippen molar-refractivity contribution in [2.24, 2.45) is 0 Å². The van der Waals surface area contributed by atoms with E-state index in [0.29, 0.717) is 18.6 Å². The molecule has 2 aliphatic rings. The molecule has 3 amide bonds. The van der Waals surface area contributed by atoms with Crippen molar-refractivity contribution in [3.8, 4) is 0 Å². The highest BCUT2D eigenvalue weighted by molar-refractivity contribution is 6.07. The zero-order valence-corrected chi connectivity index (χ0v) is 10.1. The summed E-state index contributed by atoms with van der Waals surface area (Å²) in [7, 11) is 0. The number of nitrogens with one attached hydrogen (secondary N) is 1. The van der Waals surface area contributed by atoms with E-state index in [1.807, 2.05) is 0 Å². The summed E-state index contributed by atoms with van der Waals surface area (Å²) in [5, 5.41) is 2.66. The molecule has 2 aliphatic heterocycles. The molecule has 1 aromatic heterocycles. The third kappa shape index (κ3) is 1.95. The van der Waals surface area contributed by atoms with Crippen LogP contribution in [0.1, 0.15) is 12.0 Å². The summed E-state index contributed by atoms with van der Waals surface area (Å²) in [6, 6.07) is 0.781. The monoisotopic (exact) mass is 265 g/mol. The van der Waals surface area contributed by atoms with Crippen molar-refractivity contribution in [3.05, 3.63) is 29.8 Å². The second-order valence-corrected chi connectivity index (χ2v) is 4.72.